The molecule has 16 heavy (non-hydrogen) atoms. The fourth-order valence-electron chi connectivity index (χ4n) is 3.07. The monoisotopic (exact) mass is 226 g/mol. The summed E-state index contributed by atoms with van der Waals surface area (Å²) in [5, 5.41) is 0. The molecular weight excluding hydrogens is 204 g/mol. The van der Waals surface area contributed by atoms with E-state index < -0.39 is 0 Å². The molecule has 2 fully saturated rings. The van der Waals surface area contributed by atoms with Gasteiger partial charge in [0.05, 0.1) is 24.7 Å². The molecule has 3 heteroatoms. The van der Waals surface area contributed by atoms with Crippen LogP contribution in [-0.4, -0.2) is 32.2 Å². The maximum atomic E-state index is 11.9. The van der Waals surface area contributed by atoms with Crippen LogP contribution >= 0.6 is 0 Å². The van der Waals surface area contributed by atoms with Gasteiger partial charge in [0.25, 0.3) is 0 Å². The summed E-state index contributed by atoms with van der Waals surface area (Å²) in [5.41, 5.74) is -0.107. The lowest BCUT2D eigenvalue weighted by Gasteiger charge is -2.47. The number of methoxy groups -OCH3 is 1. The van der Waals surface area contributed by atoms with E-state index in [1.54, 1.807) is 7.11 Å². The van der Waals surface area contributed by atoms with Crippen molar-refractivity contribution in [2.24, 2.45) is 5.41 Å². The van der Waals surface area contributed by atoms with Crippen molar-refractivity contribution >= 4 is 5.78 Å². The maximum absolute atomic E-state index is 11.9. The molecule has 2 aliphatic rings. The van der Waals surface area contributed by atoms with Gasteiger partial charge in [-0.25, -0.2) is 0 Å². The largest absolute Gasteiger partial charge is 0.382 e. The van der Waals surface area contributed by atoms with Crippen molar-refractivity contribution < 1.29 is 14.3 Å². The molecule has 0 aromatic carbocycles. The number of carbonyl (C=O) groups is 1. The summed E-state index contributed by atoms with van der Waals surface area (Å²) in [6.07, 6.45) is 7.83. The number of carbonyl (C=O) groups excluding carboxylic acids is 1. The van der Waals surface area contributed by atoms with E-state index in [9.17, 15) is 4.79 Å². The average molecular weight is 226 g/mol. The second kappa shape index (κ2) is 5.28. The van der Waals surface area contributed by atoms with E-state index >= 15 is 0 Å². The second-order valence-corrected chi connectivity index (χ2v) is 5.05. The molecule has 1 spiro atoms. The first-order valence-electron chi connectivity index (χ1n) is 6.43. The number of ether oxygens (including phenoxy) is 2. The third-order valence-electron chi connectivity index (χ3n) is 4.14. The van der Waals surface area contributed by atoms with Crippen molar-refractivity contribution in [3.63, 3.8) is 0 Å². The normalized spacial score (nSPS) is 28.8. The quantitative estimate of drug-likeness (QED) is 0.690. The van der Waals surface area contributed by atoms with Crippen LogP contribution in [-0.2, 0) is 14.3 Å². The molecule has 0 aliphatic heterocycles. The molecule has 0 amide bonds. The minimum atomic E-state index is -0.107. The summed E-state index contributed by atoms with van der Waals surface area (Å²) >= 11 is 0. The van der Waals surface area contributed by atoms with Crippen molar-refractivity contribution in [3.8, 4) is 0 Å². The summed E-state index contributed by atoms with van der Waals surface area (Å²) in [4.78, 5) is 11.9. The third-order valence-corrected chi connectivity index (χ3v) is 4.14. The van der Waals surface area contributed by atoms with Crippen molar-refractivity contribution in [2.45, 2.75) is 51.0 Å². The Morgan fingerprint density at radius 1 is 1.19 bits per heavy atom. The molecule has 2 aliphatic carbocycles. The Balaban J connectivity index is 1.91. The van der Waals surface area contributed by atoms with Gasteiger partial charge in [0.2, 0.25) is 0 Å². The average Bonchev–Trinajstić information content (AvgIpc) is 2.55. The van der Waals surface area contributed by atoms with Crippen LogP contribution in [0.5, 0.6) is 0 Å². The number of hydrogen-bond acceptors (Lipinski definition) is 3. The minimum Gasteiger partial charge on any atom is -0.382 e. The number of hydrogen-bond donors (Lipinski definition) is 0. The van der Waals surface area contributed by atoms with Crippen molar-refractivity contribution in [1.82, 2.24) is 0 Å². The molecule has 0 aromatic heterocycles. The molecule has 92 valence electrons. The van der Waals surface area contributed by atoms with E-state index in [1.165, 1.54) is 25.7 Å². The Bertz CT molecular complexity index is 242. The lowest BCUT2D eigenvalue weighted by atomic mass is 9.60. The first kappa shape index (κ1) is 12.1. The van der Waals surface area contributed by atoms with Gasteiger partial charge >= 0.3 is 0 Å². The molecule has 0 aromatic rings. The van der Waals surface area contributed by atoms with Gasteiger partial charge in [-0.15, -0.1) is 0 Å². The predicted molar refractivity (Wildman–Crippen MR) is 61.4 cm³/mol. The van der Waals surface area contributed by atoms with E-state index in [0.717, 1.165) is 12.8 Å². The standard InChI is InChI=1S/C13H22O3/c1-15-8-9-16-12-10-11(14)13(12)6-4-2-3-5-7-13/h12H,2-10H2,1H3. The summed E-state index contributed by atoms with van der Waals surface area (Å²) < 4.78 is 10.8. The van der Waals surface area contributed by atoms with Crippen LogP contribution in [0.3, 0.4) is 0 Å². The smallest absolute Gasteiger partial charge is 0.144 e. The second-order valence-electron chi connectivity index (χ2n) is 5.05. The van der Waals surface area contributed by atoms with E-state index in [1.807, 2.05) is 0 Å². The van der Waals surface area contributed by atoms with Crippen LogP contribution in [0, 0.1) is 5.41 Å². The summed E-state index contributed by atoms with van der Waals surface area (Å²) in [6.45, 7) is 1.25. The van der Waals surface area contributed by atoms with Crippen LogP contribution in [0.1, 0.15) is 44.9 Å². The van der Waals surface area contributed by atoms with E-state index in [-0.39, 0.29) is 11.5 Å². The van der Waals surface area contributed by atoms with E-state index in [4.69, 9.17) is 9.47 Å². The molecule has 0 heterocycles. The van der Waals surface area contributed by atoms with E-state index in [2.05, 4.69) is 0 Å². The minimum absolute atomic E-state index is 0.107. The zero-order valence-electron chi connectivity index (χ0n) is 10.2. The van der Waals surface area contributed by atoms with Gasteiger partial charge in [-0.1, -0.05) is 25.7 Å². The Labute approximate surface area is 97.5 Å². The Kier molecular flexibility index (Phi) is 3.98. The van der Waals surface area contributed by atoms with Crippen molar-refractivity contribution in [3.05, 3.63) is 0 Å². The van der Waals surface area contributed by atoms with Gasteiger partial charge < -0.3 is 9.47 Å². The molecule has 0 N–H and O–H groups in total. The van der Waals surface area contributed by atoms with Crippen molar-refractivity contribution in [1.29, 1.82) is 0 Å². The third kappa shape index (κ3) is 2.16. The highest BCUT2D eigenvalue weighted by Gasteiger charge is 2.54. The first-order chi connectivity index (χ1) is 7.79. The maximum Gasteiger partial charge on any atom is 0.144 e. The van der Waals surface area contributed by atoms with Crippen molar-refractivity contribution in [2.75, 3.05) is 20.3 Å². The number of Topliss-reactive ketones (excluding diaryl/α,β-unsaturated/α-hetero) is 1. The molecular formula is C13H22O3. The van der Waals surface area contributed by atoms with Gasteiger partial charge in [-0.2, -0.15) is 0 Å². The molecule has 2 rings (SSSR count). The first-order valence-corrected chi connectivity index (χ1v) is 6.43. The summed E-state index contributed by atoms with van der Waals surface area (Å²) in [6, 6.07) is 0. The summed E-state index contributed by atoms with van der Waals surface area (Å²) in [7, 11) is 1.68. The Morgan fingerprint density at radius 2 is 1.88 bits per heavy atom. The fourth-order valence-corrected chi connectivity index (χ4v) is 3.07. The molecule has 1 atom stereocenters. The van der Waals surface area contributed by atoms with Crippen LogP contribution in [0.15, 0.2) is 0 Å². The lowest BCUT2D eigenvalue weighted by molar-refractivity contribution is -0.167. The Hall–Kier alpha value is -0.410. The van der Waals surface area contributed by atoms with Gasteiger partial charge in [0.15, 0.2) is 0 Å². The van der Waals surface area contributed by atoms with Crippen LogP contribution in [0.25, 0.3) is 0 Å². The predicted octanol–water partition coefficient (Wildman–Crippen LogP) is 2.33. The van der Waals surface area contributed by atoms with Gasteiger partial charge in [0, 0.05) is 13.5 Å². The molecule has 3 nitrogen and oxygen atoms in total. The molecule has 0 radical (unpaired) electrons. The van der Waals surface area contributed by atoms with Crippen LogP contribution in [0.2, 0.25) is 0 Å². The highest BCUT2D eigenvalue weighted by atomic mass is 16.5. The number of ketones is 1. The van der Waals surface area contributed by atoms with Gasteiger partial charge in [0.1, 0.15) is 5.78 Å². The SMILES string of the molecule is COCCOC1CC(=O)C12CCCCCC2. The van der Waals surface area contributed by atoms with Gasteiger partial charge in [-0.3, -0.25) is 4.79 Å². The fraction of sp³-hybridized carbons (Fsp3) is 0.923. The molecule has 2 saturated carbocycles. The molecule has 1 unspecified atom stereocenters. The zero-order chi connectivity index (χ0) is 11.4. The lowest BCUT2D eigenvalue weighted by Crippen LogP contribution is -2.55. The topological polar surface area (TPSA) is 35.5 Å². The van der Waals surface area contributed by atoms with E-state index in [0.29, 0.717) is 25.4 Å². The van der Waals surface area contributed by atoms with Crippen LogP contribution < -0.4 is 0 Å². The highest BCUT2D eigenvalue weighted by molar-refractivity contribution is 5.92. The van der Waals surface area contributed by atoms with Crippen LogP contribution in [0.4, 0.5) is 0 Å². The highest BCUT2D eigenvalue weighted by Crippen LogP contribution is 2.49. The zero-order valence-corrected chi connectivity index (χ0v) is 10.2. The number of rotatable bonds is 4. The summed E-state index contributed by atoms with van der Waals surface area (Å²) in [5.74, 6) is 0.441. The molecule has 0 bridgehead atoms. The van der Waals surface area contributed by atoms with Gasteiger partial charge in [-0.05, 0) is 12.8 Å². The Morgan fingerprint density at radius 3 is 2.44 bits per heavy atom. The molecule has 0 saturated heterocycles.